The number of nitrogens with two attached hydrogens (primary N) is 1. The van der Waals surface area contributed by atoms with Crippen LogP contribution in [0.4, 0.5) is 5.95 Å². The second-order valence-electron chi connectivity index (χ2n) is 6.46. The van der Waals surface area contributed by atoms with E-state index in [1.54, 1.807) is 18.0 Å². The van der Waals surface area contributed by atoms with Crippen LogP contribution in [0.3, 0.4) is 0 Å². The zero-order valence-electron chi connectivity index (χ0n) is 12.9. The molecule has 2 saturated heterocycles. The Labute approximate surface area is 130 Å². The summed E-state index contributed by atoms with van der Waals surface area (Å²) in [5.74, 6) is 0.768. The number of rotatable bonds is 3. The summed E-state index contributed by atoms with van der Waals surface area (Å²) in [6, 6.07) is 1.90. The van der Waals surface area contributed by atoms with Gasteiger partial charge in [-0.05, 0) is 18.9 Å². The zero-order chi connectivity index (χ0) is 15.7. The first kappa shape index (κ1) is 15.2. The van der Waals surface area contributed by atoms with E-state index in [9.17, 15) is 9.90 Å². The molecule has 1 aromatic rings. The van der Waals surface area contributed by atoms with Crippen molar-refractivity contribution >= 4 is 11.9 Å². The van der Waals surface area contributed by atoms with Gasteiger partial charge in [0.05, 0.1) is 11.3 Å². The number of piperidine rings is 1. The van der Waals surface area contributed by atoms with Gasteiger partial charge in [-0.1, -0.05) is 0 Å². The van der Waals surface area contributed by atoms with Gasteiger partial charge in [0.15, 0.2) is 0 Å². The predicted molar refractivity (Wildman–Crippen MR) is 82.1 cm³/mol. The number of nitrogens with zero attached hydrogens (tertiary/aromatic N) is 4. The monoisotopic (exact) mass is 305 g/mol. The first-order valence-electron chi connectivity index (χ1n) is 7.74. The minimum atomic E-state index is -0.679. The molecule has 3 N–H and O–H groups in total. The van der Waals surface area contributed by atoms with Crippen LogP contribution >= 0.6 is 0 Å². The maximum atomic E-state index is 11.3. The van der Waals surface area contributed by atoms with E-state index in [1.807, 2.05) is 6.07 Å². The van der Waals surface area contributed by atoms with E-state index in [0.29, 0.717) is 44.3 Å². The highest BCUT2D eigenvalue weighted by Gasteiger charge is 2.39. The average Bonchev–Trinajstić information content (AvgIpc) is 2.43. The molecule has 2 aliphatic heterocycles. The van der Waals surface area contributed by atoms with Crippen molar-refractivity contribution in [2.75, 3.05) is 38.5 Å². The summed E-state index contributed by atoms with van der Waals surface area (Å²) in [7, 11) is 0. The summed E-state index contributed by atoms with van der Waals surface area (Å²) < 4.78 is 0. The lowest BCUT2D eigenvalue weighted by Gasteiger charge is -2.46. The molecule has 0 saturated carbocycles. The third-order valence-corrected chi connectivity index (χ3v) is 4.73. The second kappa shape index (κ2) is 5.81. The van der Waals surface area contributed by atoms with Crippen molar-refractivity contribution in [3.8, 4) is 0 Å². The van der Waals surface area contributed by atoms with Crippen LogP contribution in [0.1, 0.15) is 31.4 Å². The molecule has 0 spiro atoms. The Morgan fingerprint density at radius 3 is 2.73 bits per heavy atom. The number of hydrogen-bond donors (Lipinski definition) is 2. The Kier molecular flexibility index (Phi) is 4.01. The lowest BCUT2D eigenvalue weighted by molar-refractivity contribution is -0.134. The van der Waals surface area contributed by atoms with E-state index < -0.39 is 5.60 Å². The summed E-state index contributed by atoms with van der Waals surface area (Å²) in [5, 5.41) is 10.7. The minimum Gasteiger partial charge on any atom is -0.388 e. The molecule has 3 rings (SSSR count). The molecule has 0 bridgehead atoms. The smallest absolute Gasteiger partial charge is 0.220 e. The fraction of sp³-hybridized carbons (Fsp3) is 0.667. The minimum absolute atomic E-state index is 0.0902. The van der Waals surface area contributed by atoms with Gasteiger partial charge in [0.1, 0.15) is 0 Å². The van der Waals surface area contributed by atoms with Crippen molar-refractivity contribution in [1.82, 2.24) is 19.8 Å². The van der Waals surface area contributed by atoms with Gasteiger partial charge in [0.2, 0.25) is 11.9 Å². The first-order valence-corrected chi connectivity index (χ1v) is 7.74. The van der Waals surface area contributed by atoms with E-state index >= 15 is 0 Å². The normalized spacial score (nSPS) is 22.4. The molecule has 1 aromatic heterocycles. The summed E-state index contributed by atoms with van der Waals surface area (Å²) in [4.78, 5) is 23.5. The van der Waals surface area contributed by atoms with Crippen LogP contribution in [0.25, 0.3) is 0 Å². The molecule has 0 radical (unpaired) electrons. The van der Waals surface area contributed by atoms with Crippen molar-refractivity contribution in [2.45, 2.75) is 31.3 Å². The lowest BCUT2D eigenvalue weighted by atomic mass is 9.87. The van der Waals surface area contributed by atoms with E-state index in [1.165, 1.54) is 0 Å². The summed E-state index contributed by atoms with van der Waals surface area (Å²) in [6.07, 6.45) is 2.98. The second-order valence-corrected chi connectivity index (χ2v) is 6.46. The third-order valence-electron chi connectivity index (χ3n) is 4.73. The first-order chi connectivity index (χ1) is 10.5. The Hall–Kier alpha value is -1.73. The van der Waals surface area contributed by atoms with Crippen LogP contribution < -0.4 is 5.73 Å². The van der Waals surface area contributed by atoms with E-state index in [-0.39, 0.29) is 5.91 Å². The molecular weight excluding hydrogens is 282 g/mol. The van der Waals surface area contributed by atoms with E-state index in [0.717, 1.165) is 18.8 Å². The maximum Gasteiger partial charge on any atom is 0.220 e. The number of hydrogen-bond acceptors (Lipinski definition) is 6. The molecule has 0 aromatic carbocycles. The Bertz CT molecular complexity index is 551. The number of likely N-dealkylation sites (tertiary alicyclic amines) is 2. The number of aliphatic hydroxyl groups is 1. The van der Waals surface area contributed by atoms with Crippen molar-refractivity contribution in [3.63, 3.8) is 0 Å². The molecular formula is C15H23N5O2. The number of aromatic nitrogens is 2. The van der Waals surface area contributed by atoms with Crippen molar-refractivity contribution in [1.29, 1.82) is 0 Å². The van der Waals surface area contributed by atoms with Gasteiger partial charge >= 0.3 is 0 Å². The molecule has 0 atom stereocenters. The number of carbonyl (C=O) groups is 1. The fourth-order valence-electron chi connectivity index (χ4n) is 3.31. The molecule has 0 unspecified atom stereocenters. The van der Waals surface area contributed by atoms with Gasteiger partial charge in [-0.25, -0.2) is 9.97 Å². The average molecular weight is 305 g/mol. The van der Waals surface area contributed by atoms with Crippen LogP contribution in [0, 0.1) is 0 Å². The Morgan fingerprint density at radius 1 is 1.45 bits per heavy atom. The number of amides is 1. The number of anilines is 1. The molecule has 7 heteroatoms. The maximum absolute atomic E-state index is 11.3. The highest BCUT2D eigenvalue weighted by Crippen LogP contribution is 2.30. The molecule has 2 aliphatic rings. The summed E-state index contributed by atoms with van der Waals surface area (Å²) >= 11 is 0. The van der Waals surface area contributed by atoms with Crippen LogP contribution in [-0.4, -0.2) is 69.1 Å². The SMILES string of the molecule is CC(=O)N1CCC(O)(CN2CC(c3ccnc(N)n3)C2)CC1. The number of β-amino-alcohol motifs (C(OH)–C–C–N with tert-alkyl or cyclic N) is 1. The lowest BCUT2D eigenvalue weighted by Crippen LogP contribution is -2.56. The quantitative estimate of drug-likeness (QED) is 0.805. The largest absolute Gasteiger partial charge is 0.388 e. The van der Waals surface area contributed by atoms with Crippen molar-refractivity contribution in [2.24, 2.45) is 0 Å². The highest BCUT2D eigenvalue weighted by atomic mass is 16.3. The summed E-state index contributed by atoms with van der Waals surface area (Å²) in [6.45, 7) is 5.30. The van der Waals surface area contributed by atoms with Crippen LogP contribution in [0.15, 0.2) is 12.3 Å². The molecule has 2 fully saturated rings. The van der Waals surface area contributed by atoms with Crippen LogP contribution in [0.2, 0.25) is 0 Å². The number of nitrogen functional groups attached to an aromatic ring is 1. The van der Waals surface area contributed by atoms with Gasteiger partial charge in [-0.15, -0.1) is 0 Å². The van der Waals surface area contributed by atoms with Crippen LogP contribution in [0.5, 0.6) is 0 Å². The van der Waals surface area contributed by atoms with Crippen LogP contribution in [-0.2, 0) is 4.79 Å². The zero-order valence-corrected chi connectivity index (χ0v) is 12.9. The van der Waals surface area contributed by atoms with E-state index in [4.69, 9.17) is 5.73 Å². The topological polar surface area (TPSA) is 95.6 Å². The van der Waals surface area contributed by atoms with E-state index in [2.05, 4.69) is 14.9 Å². The van der Waals surface area contributed by atoms with Crippen molar-refractivity contribution < 1.29 is 9.90 Å². The molecule has 22 heavy (non-hydrogen) atoms. The molecule has 3 heterocycles. The predicted octanol–water partition coefficient (Wildman–Crippen LogP) is -0.169. The van der Waals surface area contributed by atoms with Gasteiger partial charge in [-0.3, -0.25) is 9.69 Å². The molecule has 7 nitrogen and oxygen atoms in total. The third kappa shape index (κ3) is 3.20. The molecule has 1 amide bonds. The van der Waals surface area contributed by atoms with Gasteiger partial charge in [0, 0.05) is 51.8 Å². The fourth-order valence-corrected chi connectivity index (χ4v) is 3.31. The van der Waals surface area contributed by atoms with Gasteiger partial charge in [-0.2, -0.15) is 0 Å². The molecule has 120 valence electrons. The Morgan fingerprint density at radius 2 is 2.14 bits per heavy atom. The number of carbonyl (C=O) groups excluding carboxylic acids is 1. The highest BCUT2D eigenvalue weighted by molar-refractivity contribution is 5.73. The van der Waals surface area contributed by atoms with Gasteiger partial charge < -0.3 is 15.7 Å². The van der Waals surface area contributed by atoms with Crippen molar-refractivity contribution in [3.05, 3.63) is 18.0 Å². The standard InChI is InChI=1S/C15H23N5O2/c1-11(21)20-6-3-15(22,4-7-20)10-19-8-12(9-19)13-2-5-17-14(16)18-13/h2,5,12,22H,3-4,6-10H2,1H3,(H2,16,17,18). The Balaban J connectivity index is 1.49. The van der Waals surface area contributed by atoms with Gasteiger partial charge in [0.25, 0.3) is 0 Å². The summed E-state index contributed by atoms with van der Waals surface area (Å²) in [5.41, 5.74) is 5.90. The molecule has 0 aliphatic carbocycles.